The largest absolute Gasteiger partial charge is 0.454 e. The van der Waals surface area contributed by atoms with E-state index >= 15 is 0 Å². The predicted octanol–water partition coefficient (Wildman–Crippen LogP) is 0.637. The van der Waals surface area contributed by atoms with Crippen LogP contribution in [0.2, 0.25) is 0 Å². The summed E-state index contributed by atoms with van der Waals surface area (Å²) < 4.78 is 11.6. The number of aromatic nitrogens is 3. The molecular formula is C12H13N7O4. The normalized spacial score (nSPS) is 12.7. The van der Waals surface area contributed by atoms with Crippen LogP contribution >= 0.6 is 0 Å². The molecule has 23 heavy (non-hydrogen) atoms. The predicted molar refractivity (Wildman–Crippen MR) is 80.0 cm³/mol. The van der Waals surface area contributed by atoms with Crippen LogP contribution in [0.1, 0.15) is 18.3 Å². The first kappa shape index (κ1) is 14.6. The molecule has 0 bridgehead atoms. The number of hydrogen-bond acceptors (Lipinski definition) is 9. The number of fused-ring (bicyclic) bond motifs is 1. The molecular weight excluding hydrogens is 306 g/mol. The molecule has 1 aliphatic rings. The highest BCUT2D eigenvalue weighted by Gasteiger charge is 2.22. The molecule has 120 valence electrons. The first-order chi connectivity index (χ1) is 11.1. The molecule has 0 aliphatic carbocycles. The molecule has 0 fully saturated rings. The molecule has 3 N–H and O–H groups in total. The average molecular weight is 319 g/mol. The minimum absolute atomic E-state index is 0.0292. The molecule has 0 radical (unpaired) electrons. The van der Waals surface area contributed by atoms with E-state index < -0.39 is 4.92 Å². The third kappa shape index (κ3) is 2.71. The summed E-state index contributed by atoms with van der Waals surface area (Å²) in [6.07, 6.45) is 1.89. The standard InChI is InChI=1S/C12H13N7O4/c1-2-11-15-17-12(18(11)13)16-14-5-7-3-9-10(23-6-22-9)4-8(7)19(20)21/h3-5H,2,6,13H2,1H3,(H,16,17). The number of nitrogens with zero attached hydrogens (tertiary/aromatic N) is 5. The molecule has 11 nitrogen and oxygen atoms in total. The smallest absolute Gasteiger partial charge is 0.282 e. The number of benzene rings is 1. The van der Waals surface area contributed by atoms with Crippen molar-refractivity contribution in [1.29, 1.82) is 0 Å². The van der Waals surface area contributed by atoms with Crippen molar-refractivity contribution in [3.63, 3.8) is 0 Å². The number of aryl methyl sites for hydroxylation is 1. The van der Waals surface area contributed by atoms with Crippen LogP contribution in [-0.4, -0.2) is 32.8 Å². The fraction of sp³-hybridized carbons (Fsp3) is 0.250. The van der Waals surface area contributed by atoms with Gasteiger partial charge in [0.25, 0.3) is 11.6 Å². The summed E-state index contributed by atoms with van der Waals surface area (Å²) in [5, 5.41) is 22.7. The van der Waals surface area contributed by atoms with Gasteiger partial charge in [0.15, 0.2) is 17.3 Å². The fourth-order valence-electron chi connectivity index (χ4n) is 2.01. The Bertz CT molecular complexity index is 786. The van der Waals surface area contributed by atoms with E-state index in [1.165, 1.54) is 23.0 Å². The van der Waals surface area contributed by atoms with Crippen molar-refractivity contribution in [1.82, 2.24) is 14.9 Å². The Balaban J connectivity index is 1.84. The third-order valence-corrected chi connectivity index (χ3v) is 3.17. The lowest BCUT2D eigenvalue weighted by atomic mass is 10.1. The van der Waals surface area contributed by atoms with E-state index in [-0.39, 0.29) is 24.0 Å². The van der Waals surface area contributed by atoms with Gasteiger partial charge in [-0.05, 0) is 6.07 Å². The van der Waals surface area contributed by atoms with E-state index in [1.54, 1.807) is 0 Å². The van der Waals surface area contributed by atoms with E-state index in [0.717, 1.165) is 0 Å². The van der Waals surface area contributed by atoms with Gasteiger partial charge < -0.3 is 15.3 Å². The number of nitro benzene ring substituents is 1. The lowest BCUT2D eigenvalue weighted by Gasteiger charge is -2.02. The summed E-state index contributed by atoms with van der Waals surface area (Å²) in [5.41, 5.74) is 2.69. The molecule has 0 amide bonds. The highest BCUT2D eigenvalue weighted by molar-refractivity contribution is 5.87. The number of nitro groups is 1. The van der Waals surface area contributed by atoms with Crippen LogP contribution in [0.5, 0.6) is 11.5 Å². The molecule has 1 aliphatic heterocycles. The maximum Gasteiger partial charge on any atom is 0.282 e. The van der Waals surface area contributed by atoms with E-state index in [0.29, 0.717) is 23.7 Å². The number of rotatable bonds is 5. The van der Waals surface area contributed by atoms with Gasteiger partial charge in [0.05, 0.1) is 22.8 Å². The Kier molecular flexibility index (Phi) is 3.66. The molecule has 1 aromatic heterocycles. The number of nitrogen functional groups attached to an aromatic ring is 1. The maximum atomic E-state index is 11.1. The summed E-state index contributed by atoms with van der Waals surface area (Å²) in [7, 11) is 0. The first-order valence-electron chi connectivity index (χ1n) is 6.66. The zero-order valence-electron chi connectivity index (χ0n) is 12.1. The second-order valence-electron chi connectivity index (χ2n) is 4.55. The van der Waals surface area contributed by atoms with Gasteiger partial charge in [-0.2, -0.15) is 5.10 Å². The number of nitrogens with two attached hydrogens (primary N) is 1. The molecule has 11 heteroatoms. The van der Waals surface area contributed by atoms with Crippen LogP contribution < -0.4 is 20.7 Å². The molecule has 2 aromatic rings. The van der Waals surface area contributed by atoms with Crippen molar-refractivity contribution >= 4 is 17.9 Å². The van der Waals surface area contributed by atoms with E-state index in [4.69, 9.17) is 15.3 Å². The first-order valence-corrected chi connectivity index (χ1v) is 6.66. The Hall–Kier alpha value is -3.37. The highest BCUT2D eigenvalue weighted by Crippen LogP contribution is 2.37. The summed E-state index contributed by atoms with van der Waals surface area (Å²) in [6.45, 7) is 1.91. The molecule has 0 saturated carbocycles. The molecule has 1 aromatic carbocycles. The third-order valence-electron chi connectivity index (χ3n) is 3.17. The quantitative estimate of drug-likeness (QED) is 0.353. The van der Waals surface area contributed by atoms with Crippen molar-refractivity contribution in [2.75, 3.05) is 18.1 Å². The van der Waals surface area contributed by atoms with E-state index in [1.807, 2.05) is 6.92 Å². The molecule has 2 heterocycles. The zero-order valence-corrected chi connectivity index (χ0v) is 12.1. The lowest BCUT2D eigenvalue weighted by Crippen LogP contribution is -2.15. The van der Waals surface area contributed by atoms with Crippen molar-refractivity contribution in [2.24, 2.45) is 5.10 Å². The van der Waals surface area contributed by atoms with Gasteiger partial charge >= 0.3 is 0 Å². The van der Waals surface area contributed by atoms with E-state index in [2.05, 4.69) is 20.7 Å². The van der Waals surface area contributed by atoms with Crippen molar-refractivity contribution in [2.45, 2.75) is 13.3 Å². The topological polar surface area (TPSA) is 143 Å². The molecule has 0 atom stereocenters. The maximum absolute atomic E-state index is 11.1. The average Bonchev–Trinajstić information content (AvgIpc) is 3.12. The Labute approximate surface area is 129 Å². The number of ether oxygens (including phenoxy) is 2. The highest BCUT2D eigenvalue weighted by atomic mass is 16.7. The van der Waals surface area contributed by atoms with Crippen molar-refractivity contribution in [3.8, 4) is 11.5 Å². The van der Waals surface area contributed by atoms with Crippen LogP contribution in [-0.2, 0) is 6.42 Å². The van der Waals surface area contributed by atoms with Crippen molar-refractivity contribution in [3.05, 3.63) is 33.6 Å². The van der Waals surface area contributed by atoms with Gasteiger partial charge in [-0.3, -0.25) is 10.1 Å². The Morgan fingerprint density at radius 1 is 1.48 bits per heavy atom. The number of hydrazone groups is 1. The minimum Gasteiger partial charge on any atom is -0.454 e. The number of anilines is 1. The van der Waals surface area contributed by atoms with Crippen molar-refractivity contribution < 1.29 is 14.4 Å². The fourth-order valence-corrected chi connectivity index (χ4v) is 2.01. The minimum atomic E-state index is -0.524. The van der Waals surface area contributed by atoms with E-state index in [9.17, 15) is 10.1 Å². The summed E-state index contributed by atoms with van der Waals surface area (Å²) in [4.78, 5) is 10.6. The zero-order chi connectivity index (χ0) is 16.4. The number of nitrogens with one attached hydrogen (secondary N) is 1. The van der Waals surface area contributed by atoms with Gasteiger partial charge in [0, 0.05) is 6.42 Å². The second-order valence-corrected chi connectivity index (χ2v) is 4.55. The summed E-state index contributed by atoms with van der Waals surface area (Å²) >= 11 is 0. The van der Waals surface area contributed by atoms with Gasteiger partial charge in [-0.1, -0.05) is 6.92 Å². The Morgan fingerprint density at radius 3 is 2.87 bits per heavy atom. The van der Waals surface area contributed by atoms with Crippen LogP contribution in [0.15, 0.2) is 17.2 Å². The lowest BCUT2D eigenvalue weighted by molar-refractivity contribution is -0.385. The van der Waals surface area contributed by atoms with Gasteiger partial charge in [-0.25, -0.2) is 10.1 Å². The van der Waals surface area contributed by atoms with Gasteiger partial charge in [0.2, 0.25) is 6.79 Å². The van der Waals surface area contributed by atoms with Crippen LogP contribution in [0.4, 0.5) is 11.6 Å². The SMILES string of the molecule is CCc1nnc(NN=Cc2cc3c(cc2[N+](=O)[O-])OCO3)n1N. The van der Waals surface area contributed by atoms with Gasteiger partial charge in [-0.15, -0.1) is 10.2 Å². The summed E-state index contributed by atoms with van der Waals surface area (Å²) in [6, 6.07) is 2.78. The second kappa shape index (κ2) is 5.79. The molecule has 0 saturated heterocycles. The van der Waals surface area contributed by atoms with Crippen LogP contribution in [0.25, 0.3) is 0 Å². The molecule has 0 spiro atoms. The Morgan fingerprint density at radius 2 is 2.22 bits per heavy atom. The number of hydrogen-bond donors (Lipinski definition) is 2. The van der Waals surface area contributed by atoms with Crippen LogP contribution in [0, 0.1) is 10.1 Å². The molecule has 0 unspecified atom stereocenters. The molecule has 3 rings (SSSR count). The monoisotopic (exact) mass is 319 g/mol. The van der Waals surface area contributed by atoms with Gasteiger partial charge in [0.1, 0.15) is 0 Å². The van der Waals surface area contributed by atoms with Crippen LogP contribution in [0.3, 0.4) is 0 Å². The summed E-state index contributed by atoms with van der Waals surface area (Å²) in [5.74, 6) is 7.31.